The van der Waals surface area contributed by atoms with Crippen molar-refractivity contribution >= 4 is 27.6 Å². The normalized spacial score (nSPS) is 11.0. The van der Waals surface area contributed by atoms with Crippen molar-refractivity contribution in [3.8, 4) is 0 Å². The second kappa shape index (κ2) is 8.11. The molecule has 0 unspecified atom stereocenters. The topological polar surface area (TPSA) is 102 Å². The van der Waals surface area contributed by atoms with E-state index < -0.39 is 28.5 Å². The highest BCUT2D eigenvalue weighted by Gasteiger charge is 2.16. The molecular formula is C18H20N2O5S. The van der Waals surface area contributed by atoms with Crippen LogP contribution >= 0.6 is 0 Å². The molecule has 0 atom stereocenters. The summed E-state index contributed by atoms with van der Waals surface area (Å²) in [7, 11) is -2.40. The first-order valence-electron chi connectivity index (χ1n) is 7.81. The quantitative estimate of drug-likeness (QED) is 0.751. The SMILES string of the molecule is CNS(=O)(=O)c1cccc(C(=O)OCC(=O)Nc2cc(C)ccc2C)c1. The Kier molecular flexibility index (Phi) is 6.12. The lowest BCUT2D eigenvalue weighted by Gasteiger charge is -2.10. The Labute approximate surface area is 152 Å². The van der Waals surface area contributed by atoms with Crippen LogP contribution in [0, 0.1) is 13.8 Å². The molecule has 26 heavy (non-hydrogen) atoms. The second-order valence-corrected chi connectivity index (χ2v) is 7.56. The maximum Gasteiger partial charge on any atom is 0.338 e. The molecule has 0 radical (unpaired) electrons. The number of anilines is 1. The number of nitrogens with one attached hydrogen (secondary N) is 2. The van der Waals surface area contributed by atoms with Crippen LogP contribution in [0.5, 0.6) is 0 Å². The minimum Gasteiger partial charge on any atom is -0.452 e. The molecule has 0 heterocycles. The van der Waals surface area contributed by atoms with E-state index in [-0.39, 0.29) is 10.5 Å². The van der Waals surface area contributed by atoms with Crippen LogP contribution in [0.4, 0.5) is 5.69 Å². The van der Waals surface area contributed by atoms with E-state index in [2.05, 4.69) is 10.0 Å². The molecule has 138 valence electrons. The lowest BCUT2D eigenvalue weighted by Crippen LogP contribution is -2.22. The third-order valence-corrected chi connectivity index (χ3v) is 5.06. The molecule has 0 fully saturated rings. The molecule has 0 aliphatic carbocycles. The summed E-state index contributed by atoms with van der Waals surface area (Å²) in [6, 6.07) is 11.0. The summed E-state index contributed by atoms with van der Waals surface area (Å²) >= 11 is 0. The predicted octanol–water partition coefficient (Wildman–Crippen LogP) is 2.01. The number of hydrogen-bond donors (Lipinski definition) is 2. The van der Waals surface area contributed by atoms with Crippen LogP contribution in [0.2, 0.25) is 0 Å². The van der Waals surface area contributed by atoms with E-state index in [0.717, 1.165) is 11.1 Å². The first-order chi connectivity index (χ1) is 12.2. The number of sulfonamides is 1. The van der Waals surface area contributed by atoms with Gasteiger partial charge < -0.3 is 10.1 Å². The zero-order valence-electron chi connectivity index (χ0n) is 14.7. The summed E-state index contributed by atoms with van der Waals surface area (Å²) < 4.78 is 30.7. The molecule has 0 aliphatic heterocycles. The minimum absolute atomic E-state index is 0.0425. The number of rotatable bonds is 6. The maximum atomic E-state index is 12.1. The molecular weight excluding hydrogens is 356 g/mol. The molecule has 2 aromatic carbocycles. The van der Waals surface area contributed by atoms with E-state index in [4.69, 9.17) is 4.74 Å². The van der Waals surface area contributed by atoms with Crippen molar-refractivity contribution in [1.82, 2.24) is 4.72 Å². The Morgan fingerprint density at radius 1 is 1.08 bits per heavy atom. The summed E-state index contributed by atoms with van der Waals surface area (Å²) in [5.74, 6) is -1.26. The average Bonchev–Trinajstić information content (AvgIpc) is 2.63. The summed E-state index contributed by atoms with van der Waals surface area (Å²) in [6.45, 7) is 3.28. The van der Waals surface area contributed by atoms with Crippen LogP contribution < -0.4 is 10.0 Å². The molecule has 0 saturated carbocycles. The molecule has 2 rings (SSSR count). The summed E-state index contributed by atoms with van der Waals surface area (Å²) in [5, 5.41) is 2.68. The molecule has 0 saturated heterocycles. The highest BCUT2D eigenvalue weighted by Crippen LogP contribution is 2.16. The van der Waals surface area contributed by atoms with Gasteiger partial charge in [-0.25, -0.2) is 17.9 Å². The molecule has 2 aromatic rings. The third-order valence-electron chi connectivity index (χ3n) is 3.65. The van der Waals surface area contributed by atoms with Crippen LogP contribution in [0.25, 0.3) is 0 Å². The zero-order chi connectivity index (χ0) is 19.3. The third kappa shape index (κ3) is 4.90. The van der Waals surface area contributed by atoms with Crippen LogP contribution in [0.15, 0.2) is 47.4 Å². The van der Waals surface area contributed by atoms with Crippen molar-refractivity contribution in [3.63, 3.8) is 0 Å². The minimum atomic E-state index is -3.67. The molecule has 8 heteroatoms. The highest BCUT2D eigenvalue weighted by atomic mass is 32.2. The van der Waals surface area contributed by atoms with Gasteiger partial charge in [0.1, 0.15) is 0 Å². The van der Waals surface area contributed by atoms with E-state index in [1.165, 1.54) is 31.3 Å². The van der Waals surface area contributed by atoms with Gasteiger partial charge in [0.2, 0.25) is 10.0 Å². The van der Waals surface area contributed by atoms with Crippen LogP contribution in [0.3, 0.4) is 0 Å². The van der Waals surface area contributed by atoms with Gasteiger partial charge in [-0.3, -0.25) is 4.79 Å². The number of amides is 1. The largest absolute Gasteiger partial charge is 0.452 e. The van der Waals surface area contributed by atoms with Gasteiger partial charge in [-0.1, -0.05) is 18.2 Å². The predicted molar refractivity (Wildman–Crippen MR) is 97.5 cm³/mol. The van der Waals surface area contributed by atoms with Crippen LogP contribution in [0.1, 0.15) is 21.5 Å². The number of carbonyl (C=O) groups is 2. The van der Waals surface area contributed by atoms with Gasteiger partial charge in [0, 0.05) is 5.69 Å². The fourth-order valence-corrected chi connectivity index (χ4v) is 2.95. The van der Waals surface area contributed by atoms with Crippen LogP contribution in [-0.2, 0) is 19.6 Å². The molecule has 0 aromatic heterocycles. The van der Waals surface area contributed by atoms with Crippen molar-refractivity contribution < 1.29 is 22.7 Å². The first-order valence-corrected chi connectivity index (χ1v) is 9.29. The fourth-order valence-electron chi connectivity index (χ4n) is 2.18. The van der Waals surface area contributed by atoms with E-state index in [1.807, 2.05) is 32.0 Å². The number of esters is 1. The number of hydrogen-bond acceptors (Lipinski definition) is 5. The Morgan fingerprint density at radius 3 is 2.50 bits per heavy atom. The Hall–Kier alpha value is -2.71. The highest BCUT2D eigenvalue weighted by molar-refractivity contribution is 7.89. The standard InChI is InChI=1S/C18H20N2O5S/c1-12-7-8-13(2)16(9-12)20-17(21)11-25-18(22)14-5-4-6-15(10-14)26(23,24)19-3/h4-10,19H,11H2,1-3H3,(H,20,21). The lowest BCUT2D eigenvalue weighted by atomic mass is 10.1. The number of carbonyl (C=O) groups excluding carboxylic acids is 2. The van der Waals surface area contributed by atoms with E-state index in [9.17, 15) is 18.0 Å². The summed E-state index contributed by atoms with van der Waals surface area (Å²) in [6.07, 6.45) is 0. The fraction of sp³-hybridized carbons (Fsp3) is 0.222. The first kappa shape index (κ1) is 19.6. The number of benzene rings is 2. The van der Waals surface area contributed by atoms with Gasteiger partial charge in [0.05, 0.1) is 10.5 Å². The monoisotopic (exact) mass is 376 g/mol. The zero-order valence-corrected chi connectivity index (χ0v) is 15.5. The summed E-state index contributed by atoms with van der Waals surface area (Å²) in [5.41, 5.74) is 2.57. The summed E-state index contributed by atoms with van der Waals surface area (Å²) in [4.78, 5) is 24.0. The van der Waals surface area contributed by atoms with Crippen molar-refractivity contribution in [2.24, 2.45) is 0 Å². The lowest BCUT2D eigenvalue weighted by molar-refractivity contribution is -0.119. The van der Waals surface area contributed by atoms with Gasteiger partial charge in [-0.05, 0) is 56.3 Å². The van der Waals surface area contributed by atoms with E-state index in [0.29, 0.717) is 5.69 Å². The maximum absolute atomic E-state index is 12.1. The Morgan fingerprint density at radius 2 is 1.81 bits per heavy atom. The van der Waals surface area contributed by atoms with E-state index in [1.54, 1.807) is 0 Å². The molecule has 0 aliphatic rings. The molecule has 0 spiro atoms. The molecule has 1 amide bonds. The molecule has 0 bridgehead atoms. The van der Waals surface area contributed by atoms with Crippen molar-refractivity contribution in [1.29, 1.82) is 0 Å². The van der Waals surface area contributed by atoms with Crippen molar-refractivity contribution in [2.45, 2.75) is 18.7 Å². The van der Waals surface area contributed by atoms with Gasteiger partial charge in [-0.15, -0.1) is 0 Å². The van der Waals surface area contributed by atoms with Gasteiger partial charge in [-0.2, -0.15) is 0 Å². The van der Waals surface area contributed by atoms with Crippen molar-refractivity contribution in [2.75, 3.05) is 19.0 Å². The van der Waals surface area contributed by atoms with Gasteiger partial charge in [0.15, 0.2) is 6.61 Å². The smallest absolute Gasteiger partial charge is 0.338 e. The second-order valence-electron chi connectivity index (χ2n) is 5.68. The molecule has 7 nitrogen and oxygen atoms in total. The Balaban J connectivity index is 2.01. The molecule has 2 N–H and O–H groups in total. The number of ether oxygens (including phenoxy) is 1. The van der Waals surface area contributed by atoms with E-state index >= 15 is 0 Å². The van der Waals surface area contributed by atoms with Crippen molar-refractivity contribution in [3.05, 3.63) is 59.2 Å². The van der Waals surface area contributed by atoms with Gasteiger partial charge in [0.25, 0.3) is 5.91 Å². The number of aryl methyl sites for hydroxylation is 2. The Bertz CT molecular complexity index is 938. The average molecular weight is 376 g/mol. The van der Waals surface area contributed by atoms with Gasteiger partial charge >= 0.3 is 5.97 Å². The van der Waals surface area contributed by atoms with Crippen LogP contribution in [-0.4, -0.2) is 33.9 Å².